The number of hydrogen-bond donors (Lipinski definition) is 4. The van der Waals surface area contributed by atoms with E-state index in [0.717, 1.165) is 20.5 Å². The third-order valence-corrected chi connectivity index (χ3v) is 4.32. The van der Waals surface area contributed by atoms with Gasteiger partial charge >= 0.3 is 5.69 Å². The standard InChI is InChI=1S/C19H20FN7O2S/c1-12-5-7-13(8-6-12)9-16-25-26(19(29)27(16)21)11-17(28)23-24-18(30)22-15-4-2-3-14(20)10-15/h2-8,10H,9,11,21H2,1H3,(H,23,28)(H2,22,24,30). The first-order valence-electron chi connectivity index (χ1n) is 8.92. The number of hydrazine groups is 1. The van der Waals surface area contributed by atoms with Crippen molar-refractivity contribution in [3.05, 3.63) is 81.8 Å². The lowest BCUT2D eigenvalue weighted by Crippen LogP contribution is -2.46. The van der Waals surface area contributed by atoms with E-state index in [2.05, 4.69) is 21.3 Å². The van der Waals surface area contributed by atoms with E-state index in [4.69, 9.17) is 18.1 Å². The second-order valence-electron chi connectivity index (χ2n) is 6.53. The average Bonchev–Trinajstić information content (AvgIpc) is 2.96. The molecule has 3 aromatic rings. The lowest BCUT2D eigenvalue weighted by atomic mass is 10.1. The minimum absolute atomic E-state index is 0.0470. The van der Waals surface area contributed by atoms with Gasteiger partial charge in [0, 0.05) is 12.1 Å². The zero-order chi connectivity index (χ0) is 21.7. The van der Waals surface area contributed by atoms with Crippen molar-refractivity contribution in [2.24, 2.45) is 0 Å². The highest BCUT2D eigenvalue weighted by atomic mass is 32.1. The molecule has 1 heterocycles. The maximum atomic E-state index is 13.2. The highest BCUT2D eigenvalue weighted by molar-refractivity contribution is 7.80. The van der Waals surface area contributed by atoms with Gasteiger partial charge in [0.1, 0.15) is 12.4 Å². The summed E-state index contributed by atoms with van der Waals surface area (Å²) in [6.45, 7) is 1.61. The molecule has 156 valence electrons. The van der Waals surface area contributed by atoms with Crippen LogP contribution in [0.4, 0.5) is 10.1 Å². The predicted molar refractivity (Wildman–Crippen MR) is 115 cm³/mol. The zero-order valence-corrected chi connectivity index (χ0v) is 16.9. The second-order valence-corrected chi connectivity index (χ2v) is 6.93. The molecule has 3 rings (SSSR count). The summed E-state index contributed by atoms with van der Waals surface area (Å²) in [5.74, 6) is 5.12. The van der Waals surface area contributed by atoms with Crippen LogP contribution in [0.15, 0.2) is 53.3 Å². The molecule has 2 aromatic carbocycles. The number of carbonyl (C=O) groups is 1. The molecule has 0 fully saturated rings. The summed E-state index contributed by atoms with van der Waals surface area (Å²) >= 11 is 5.03. The van der Waals surface area contributed by atoms with Gasteiger partial charge in [-0.2, -0.15) is 9.77 Å². The molecule has 0 saturated carbocycles. The fourth-order valence-corrected chi connectivity index (χ4v) is 2.78. The largest absolute Gasteiger partial charge is 0.365 e. The van der Waals surface area contributed by atoms with Crippen LogP contribution >= 0.6 is 12.2 Å². The Hall–Kier alpha value is -3.73. The molecule has 0 atom stereocenters. The number of carbonyl (C=O) groups excluding carboxylic acids is 1. The number of nitrogens with zero attached hydrogens (tertiary/aromatic N) is 3. The summed E-state index contributed by atoms with van der Waals surface area (Å²) in [4.78, 5) is 24.4. The van der Waals surface area contributed by atoms with Crippen molar-refractivity contribution in [1.82, 2.24) is 25.3 Å². The minimum atomic E-state index is -0.618. The fraction of sp³-hybridized carbons (Fsp3) is 0.158. The predicted octanol–water partition coefficient (Wildman–Crippen LogP) is 0.815. The van der Waals surface area contributed by atoms with Crippen LogP contribution < -0.4 is 27.7 Å². The van der Waals surface area contributed by atoms with Crippen LogP contribution in [-0.4, -0.2) is 25.5 Å². The normalized spacial score (nSPS) is 10.5. The van der Waals surface area contributed by atoms with Gasteiger partial charge in [-0.3, -0.25) is 15.6 Å². The van der Waals surface area contributed by atoms with Gasteiger partial charge in [0.15, 0.2) is 10.9 Å². The number of nitrogen functional groups attached to an aromatic ring is 1. The summed E-state index contributed by atoms with van der Waals surface area (Å²) in [6, 6.07) is 13.4. The van der Waals surface area contributed by atoms with Gasteiger partial charge < -0.3 is 11.2 Å². The number of aryl methyl sites for hydroxylation is 1. The van der Waals surface area contributed by atoms with E-state index < -0.39 is 17.4 Å². The summed E-state index contributed by atoms with van der Waals surface area (Å²) in [5, 5.41) is 6.90. The van der Waals surface area contributed by atoms with Crippen molar-refractivity contribution in [2.75, 3.05) is 11.2 Å². The van der Waals surface area contributed by atoms with Crippen LogP contribution in [-0.2, 0) is 17.8 Å². The quantitative estimate of drug-likeness (QED) is 0.269. The van der Waals surface area contributed by atoms with Gasteiger partial charge in [-0.05, 0) is 42.9 Å². The summed E-state index contributed by atoms with van der Waals surface area (Å²) in [6.07, 6.45) is 0.348. The molecule has 0 aliphatic heterocycles. The maximum absolute atomic E-state index is 13.2. The first kappa shape index (κ1) is 21.0. The molecule has 0 radical (unpaired) electrons. The van der Waals surface area contributed by atoms with Crippen LogP contribution in [0.5, 0.6) is 0 Å². The highest BCUT2D eigenvalue weighted by Crippen LogP contribution is 2.09. The number of rotatable bonds is 5. The zero-order valence-electron chi connectivity index (χ0n) is 16.1. The summed E-state index contributed by atoms with van der Waals surface area (Å²) in [7, 11) is 0. The van der Waals surface area contributed by atoms with Gasteiger partial charge in [0.05, 0.1) is 0 Å². The van der Waals surface area contributed by atoms with Gasteiger partial charge in [-0.25, -0.2) is 13.9 Å². The molecule has 0 aliphatic carbocycles. The monoisotopic (exact) mass is 429 g/mol. The Bertz CT molecular complexity index is 1120. The van der Waals surface area contributed by atoms with Crippen molar-refractivity contribution < 1.29 is 9.18 Å². The van der Waals surface area contributed by atoms with Crippen LogP contribution in [0, 0.1) is 12.7 Å². The van der Waals surface area contributed by atoms with Crippen LogP contribution in [0.1, 0.15) is 17.0 Å². The molecule has 11 heteroatoms. The fourth-order valence-electron chi connectivity index (χ4n) is 2.61. The molecule has 0 aliphatic rings. The molecular weight excluding hydrogens is 409 g/mol. The lowest BCUT2D eigenvalue weighted by molar-refractivity contribution is -0.122. The minimum Gasteiger partial charge on any atom is -0.333 e. The Balaban J connectivity index is 1.56. The summed E-state index contributed by atoms with van der Waals surface area (Å²) < 4.78 is 15.1. The van der Waals surface area contributed by atoms with E-state index in [-0.39, 0.29) is 11.7 Å². The van der Waals surface area contributed by atoms with E-state index in [1.54, 1.807) is 6.07 Å². The van der Waals surface area contributed by atoms with Gasteiger partial charge in [0.2, 0.25) is 0 Å². The van der Waals surface area contributed by atoms with Crippen molar-refractivity contribution in [3.63, 3.8) is 0 Å². The van der Waals surface area contributed by atoms with Crippen molar-refractivity contribution in [3.8, 4) is 0 Å². The number of nitrogens with two attached hydrogens (primary N) is 1. The number of halogens is 1. The summed E-state index contributed by atoms with van der Waals surface area (Å²) in [5.41, 5.74) is 6.66. The Morgan fingerprint density at radius 1 is 1.20 bits per heavy atom. The molecule has 0 unspecified atom stereocenters. The van der Waals surface area contributed by atoms with E-state index in [9.17, 15) is 14.0 Å². The Labute approximate surface area is 176 Å². The SMILES string of the molecule is Cc1ccc(Cc2nn(CC(=O)NNC(=S)Nc3cccc(F)c3)c(=O)n2N)cc1. The highest BCUT2D eigenvalue weighted by Gasteiger charge is 2.14. The number of anilines is 1. The number of amides is 1. The second kappa shape index (κ2) is 9.18. The topological polar surface area (TPSA) is 119 Å². The number of thiocarbonyl (C=S) groups is 1. The first-order chi connectivity index (χ1) is 14.3. The molecule has 5 N–H and O–H groups in total. The van der Waals surface area contributed by atoms with Crippen molar-refractivity contribution in [2.45, 2.75) is 19.9 Å². The Morgan fingerprint density at radius 3 is 2.63 bits per heavy atom. The maximum Gasteiger partial charge on any atom is 0.365 e. The Morgan fingerprint density at radius 2 is 1.93 bits per heavy atom. The van der Waals surface area contributed by atoms with E-state index >= 15 is 0 Å². The Kier molecular flexibility index (Phi) is 6.42. The molecule has 0 bridgehead atoms. The number of aromatic nitrogens is 3. The first-order valence-corrected chi connectivity index (χ1v) is 9.33. The van der Waals surface area contributed by atoms with Crippen molar-refractivity contribution >= 4 is 28.9 Å². The smallest absolute Gasteiger partial charge is 0.333 e. The van der Waals surface area contributed by atoms with E-state index in [0.29, 0.717) is 17.9 Å². The van der Waals surface area contributed by atoms with E-state index in [1.807, 2.05) is 31.2 Å². The van der Waals surface area contributed by atoms with E-state index in [1.165, 1.54) is 18.2 Å². The number of nitrogens with one attached hydrogen (secondary N) is 3. The molecule has 0 spiro atoms. The average molecular weight is 429 g/mol. The molecule has 9 nitrogen and oxygen atoms in total. The lowest BCUT2D eigenvalue weighted by Gasteiger charge is -2.11. The van der Waals surface area contributed by atoms with Gasteiger partial charge in [-0.15, -0.1) is 0 Å². The third kappa shape index (κ3) is 5.41. The number of benzene rings is 2. The molecule has 0 saturated heterocycles. The molecule has 1 aromatic heterocycles. The molecule has 30 heavy (non-hydrogen) atoms. The van der Waals surface area contributed by atoms with Crippen LogP contribution in [0.3, 0.4) is 0 Å². The van der Waals surface area contributed by atoms with Gasteiger partial charge in [-0.1, -0.05) is 35.9 Å². The van der Waals surface area contributed by atoms with Gasteiger partial charge in [0.25, 0.3) is 5.91 Å². The molecule has 1 amide bonds. The van der Waals surface area contributed by atoms with Crippen molar-refractivity contribution in [1.29, 1.82) is 0 Å². The number of hydrogen-bond acceptors (Lipinski definition) is 5. The third-order valence-electron chi connectivity index (χ3n) is 4.12. The van der Waals surface area contributed by atoms with Crippen LogP contribution in [0.2, 0.25) is 0 Å². The molecular formula is C19H20FN7O2S. The van der Waals surface area contributed by atoms with Crippen LogP contribution in [0.25, 0.3) is 0 Å².